The van der Waals surface area contributed by atoms with Crippen molar-refractivity contribution >= 4 is 25.8 Å². The molecule has 0 aliphatic heterocycles. The molecule has 0 atom stereocenters. The molecule has 1 rings (SSSR count). The first-order valence-electron chi connectivity index (χ1n) is 5.59. The monoisotopic (exact) mass is 319 g/mol. The van der Waals surface area contributed by atoms with Crippen molar-refractivity contribution in [2.75, 3.05) is 12.3 Å². The molecule has 0 unspecified atom stereocenters. The van der Waals surface area contributed by atoms with E-state index in [-0.39, 0.29) is 11.0 Å². The predicted octanol–water partition coefficient (Wildman–Crippen LogP) is 2.36. The minimum Gasteiger partial charge on any atom is -0.312 e. The van der Waals surface area contributed by atoms with Gasteiger partial charge in [-0.15, -0.1) is 0 Å². The minimum absolute atomic E-state index is 0.190. The smallest absolute Gasteiger partial charge is 0.153 e. The second-order valence-corrected chi connectivity index (χ2v) is 7.72. The average Bonchev–Trinajstić information content (AvgIpc) is 2.26. The Bertz CT molecular complexity index is 457. The number of rotatable bonds is 6. The molecule has 0 heterocycles. The van der Waals surface area contributed by atoms with Gasteiger partial charge in [0, 0.05) is 17.6 Å². The Labute approximate surface area is 112 Å². The van der Waals surface area contributed by atoms with Gasteiger partial charge in [-0.05, 0) is 25.5 Å². The van der Waals surface area contributed by atoms with Crippen LogP contribution in [0.25, 0.3) is 0 Å². The van der Waals surface area contributed by atoms with Crippen LogP contribution in [0.1, 0.15) is 19.4 Å². The van der Waals surface area contributed by atoms with Gasteiger partial charge in [-0.1, -0.05) is 34.1 Å². The maximum atomic E-state index is 11.6. The van der Waals surface area contributed by atoms with E-state index in [1.807, 2.05) is 24.3 Å². The fraction of sp³-hybridized carbons (Fsp3) is 0.500. The lowest BCUT2D eigenvalue weighted by Crippen LogP contribution is -2.27. The lowest BCUT2D eigenvalue weighted by molar-refractivity contribution is 0.582. The molecule has 5 heteroatoms. The molecule has 1 N–H and O–H groups in total. The van der Waals surface area contributed by atoms with Crippen molar-refractivity contribution in [3.05, 3.63) is 34.3 Å². The summed E-state index contributed by atoms with van der Waals surface area (Å²) in [6, 6.07) is 7.90. The molecule has 0 aromatic heterocycles. The topological polar surface area (TPSA) is 46.2 Å². The van der Waals surface area contributed by atoms with Gasteiger partial charge in [0.05, 0.1) is 11.0 Å². The molecule has 0 fully saturated rings. The molecule has 0 aliphatic carbocycles. The summed E-state index contributed by atoms with van der Waals surface area (Å²) < 4.78 is 24.2. The van der Waals surface area contributed by atoms with E-state index in [0.29, 0.717) is 13.1 Å². The van der Waals surface area contributed by atoms with E-state index in [2.05, 4.69) is 21.2 Å². The Morgan fingerprint density at radius 3 is 2.53 bits per heavy atom. The van der Waals surface area contributed by atoms with Gasteiger partial charge in [-0.2, -0.15) is 0 Å². The lowest BCUT2D eigenvalue weighted by Gasteiger charge is -2.09. The van der Waals surface area contributed by atoms with Crippen molar-refractivity contribution in [3.8, 4) is 0 Å². The molecule has 0 saturated carbocycles. The summed E-state index contributed by atoms with van der Waals surface area (Å²) in [6.45, 7) is 4.59. The summed E-state index contributed by atoms with van der Waals surface area (Å²) in [5, 5.41) is 2.85. The van der Waals surface area contributed by atoms with Crippen molar-refractivity contribution < 1.29 is 8.42 Å². The highest BCUT2D eigenvalue weighted by Gasteiger charge is 2.14. The van der Waals surface area contributed by atoms with E-state index in [4.69, 9.17) is 0 Å². The summed E-state index contributed by atoms with van der Waals surface area (Å²) in [5.74, 6) is 0.190. The Kier molecular flexibility index (Phi) is 5.62. The molecular formula is C12H18BrNO2S. The van der Waals surface area contributed by atoms with E-state index >= 15 is 0 Å². The average molecular weight is 320 g/mol. The van der Waals surface area contributed by atoms with Gasteiger partial charge in [0.1, 0.15) is 0 Å². The van der Waals surface area contributed by atoms with Crippen LogP contribution in [0.3, 0.4) is 0 Å². The first kappa shape index (κ1) is 14.7. The number of halogens is 1. The number of sulfone groups is 1. The first-order valence-corrected chi connectivity index (χ1v) is 8.10. The third-order valence-electron chi connectivity index (χ3n) is 2.55. The van der Waals surface area contributed by atoms with Crippen LogP contribution in [0, 0.1) is 0 Å². The van der Waals surface area contributed by atoms with Gasteiger partial charge in [-0.3, -0.25) is 0 Å². The highest BCUT2D eigenvalue weighted by atomic mass is 79.9. The summed E-state index contributed by atoms with van der Waals surface area (Å²) in [7, 11) is -2.94. The standard InChI is InChI=1S/C12H18BrNO2S/c1-10(2)17(15,16)8-7-14-9-11-5-3-4-6-12(11)13/h3-6,10,14H,7-9H2,1-2H3. The fourth-order valence-electron chi connectivity index (χ4n) is 1.31. The Morgan fingerprint density at radius 1 is 1.29 bits per heavy atom. The molecule has 17 heavy (non-hydrogen) atoms. The summed E-state index contributed by atoms with van der Waals surface area (Å²) in [6.07, 6.45) is 0. The molecule has 0 amide bonds. The fourth-order valence-corrected chi connectivity index (χ4v) is 2.64. The molecule has 0 saturated heterocycles. The summed E-state index contributed by atoms with van der Waals surface area (Å²) in [5.41, 5.74) is 1.13. The van der Waals surface area contributed by atoms with Crippen LogP contribution >= 0.6 is 15.9 Å². The quantitative estimate of drug-likeness (QED) is 0.819. The van der Waals surface area contributed by atoms with Crippen LogP contribution < -0.4 is 5.32 Å². The lowest BCUT2D eigenvalue weighted by atomic mass is 10.2. The number of benzene rings is 1. The van der Waals surface area contributed by atoms with Gasteiger partial charge < -0.3 is 5.32 Å². The highest BCUT2D eigenvalue weighted by molar-refractivity contribution is 9.10. The van der Waals surface area contributed by atoms with Gasteiger partial charge in [-0.25, -0.2) is 8.42 Å². The van der Waals surface area contributed by atoms with Crippen LogP contribution in [-0.2, 0) is 16.4 Å². The molecule has 0 aliphatic rings. The van der Waals surface area contributed by atoms with Gasteiger partial charge in [0.25, 0.3) is 0 Å². The Balaban J connectivity index is 2.38. The van der Waals surface area contributed by atoms with Crippen molar-refractivity contribution in [3.63, 3.8) is 0 Å². The maximum absolute atomic E-state index is 11.6. The summed E-state index contributed by atoms with van der Waals surface area (Å²) >= 11 is 3.45. The maximum Gasteiger partial charge on any atom is 0.153 e. The van der Waals surface area contributed by atoms with E-state index < -0.39 is 9.84 Å². The van der Waals surface area contributed by atoms with Gasteiger partial charge >= 0.3 is 0 Å². The number of nitrogens with one attached hydrogen (secondary N) is 1. The highest BCUT2D eigenvalue weighted by Crippen LogP contribution is 2.15. The van der Waals surface area contributed by atoms with Crippen molar-refractivity contribution in [1.29, 1.82) is 0 Å². The van der Waals surface area contributed by atoms with E-state index in [1.165, 1.54) is 0 Å². The zero-order valence-electron chi connectivity index (χ0n) is 10.1. The third-order valence-corrected chi connectivity index (χ3v) is 5.54. The van der Waals surface area contributed by atoms with E-state index in [1.54, 1.807) is 13.8 Å². The second-order valence-electron chi connectivity index (χ2n) is 4.18. The first-order chi connectivity index (χ1) is 7.93. The van der Waals surface area contributed by atoms with Crippen molar-refractivity contribution in [2.24, 2.45) is 0 Å². The van der Waals surface area contributed by atoms with Crippen molar-refractivity contribution in [1.82, 2.24) is 5.32 Å². The molecule has 0 radical (unpaired) electrons. The molecule has 0 bridgehead atoms. The van der Waals surface area contributed by atoms with Crippen LogP contribution in [0.15, 0.2) is 28.7 Å². The largest absolute Gasteiger partial charge is 0.312 e. The Hall–Kier alpha value is -0.390. The third kappa shape index (κ3) is 4.77. The number of hydrogen-bond donors (Lipinski definition) is 1. The molecular weight excluding hydrogens is 302 g/mol. The number of hydrogen-bond acceptors (Lipinski definition) is 3. The minimum atomic E-state index is -2.94. The van der Waals surface area contributed by atoms with Crippen LogP contribution in [0.4, 0.5) is 0 Å². The van der Waals surface area contributed by atoms with Crippen LogP contribution in [-0.4, -0.2) is 26.0 Å². The summed E-state index contributed by atoms with van der Waals surface area (Å²) in [4.78, 5) is 0. The van der Waals surface area contributed by atoms with E-state index in [9.17, 15) is 8.42 Å². The molecule has 96 valence electrons. The van der Waals surface area contributed by atoms with Gasteiger partial charge in [0.2, 0.25) is 0 Å². The predicted molar refractivity (Wildman–Crippen MR) is 74.8 cm³/mol. The zero-order valence-corrected chi connectivity index (χ0v) is 12.5. The Morgan fingerprint density at radius 2 is 1.94 bits per heavy atom. The van der Waals surface area contributed by atoms with Crippen molar-refractivity contribution in [2.45, 2.75) is 25.6 Å². The van der Waals surface area contributed by atoms with Crippen LogP contribution in [0.2, 0.25) is 0 Å². The zero-order chi connectivity index (χ0) is 12.9. The molecule has 1 aromatic rings. The second kappa shape index (κ2) is 6.52. The normalized spacial score (nSPS) is 12.0. The molecule has 0 spiro atoms. The SMILES string of the molecule is CC(C)S(=O)(=O)CCNCc1ccccc1Br. The molecule has 3 nitrogen and oxygen atoms in total. The molecule has 1 aromatic carbocycles. The van der Waals surface area contributed by atoms with Crippen LogP contribution in [0.5, 0.6) is 0 Å². The van der Waals surface area contributed by atoms with E-state index in [0.717, 1.165) is 10.0 Å². The van der Waals surface area contributed by atoms with Gasteiger partial charge in [0.15, 0.2) is 9.84 Å².